The van der Waals surface area contributed by atoms with E-state index in [9.17, 15) is 4.79 Å². The van der Waals surface area contributed by atoms with Gasteiger partial charge in [-0.2, -0.15) is 0 Å². The van der Waals surface area contributed by atoms with Gasteiger partial charge in [-0.05, 0) is 29.9 Å². The molecule has 1 aromatic rings. The highest BCUT2D eigenvalue weighted by Crippen LogP contribution is 2.21. The number of urea groups is 1. The number of morpholine rings is 1. The predicted octanol–water partition coefficient (Wildman–Crippen LogP) is 1.42. The topological polar surface area (TPSA) is 53.6 Å². The van der Waals surface area contributed by atoms with E-state index in [1.807, 2.05) is 0 Å². The zero-order valence-corrected chi connectivity index (χ0v) is 13.9. The molecule has 2 aliphatic rings. The third-order valence-corrected chi connectivity index (χ3v) is 4.67. The van der Waals surface area contributed by atoms with Crippen molar-refractivity contribution < 1.29 is 9.53 Å². The minimum Gasteiger partial charge on any atom is -0.379 e. The molecular formula is C18H27N3O2. The van der Waals surface area contributed by atoms with Gasteiger partial charge >= 0.3 is 6.03 Å². The molecule has 1 atom stereocenters. The van der Waals surface area contributed by atoms with Crippen LogP contribution in [0.1, 0.15) is 18.1 Å². The summed E-state index contributed by atoms with van der Waals surface area (Å²) in [5.74, 6) is 0.444. The van der Waals surface area contributed by atoms with E-state index in [2.05, 4.69) is 46.7 Å². The van der Waals surface area contributed by atoms with Gasteiger partial charge in [0.1, 0.15) is 0 Å². The number of nitrogens with one attached hydrogen (secondary N) is 2. The van der Waals surface area contributed by atoms with Crippen molar-refractivity contribution in [3.05, 3.63) is 35.4 Å². The summed E-state index contributed by atoms with van der Waals surface area (Å²) in [4.78, 5) is 14.5. The van der Waals surface area contributed by atoms with Crippen LogP contribution in [0.15, 0.2) is 24.3 Å². The molecule has 1 aliphatic heterocycles. The van der Waals surface area contributed by atoms with E-state index in [-0.39, 0.29) is 12.1 Å². The number of carbonyl (C=O) groups is 1. The highest BCUT2D eigenvalue weighted by Gasteiger charge is 2.22. The molecule has 1 heterocycles. The molecule has 2 N–H and O–H groups in total. The highest BCUT2D eigenvalue weighted by molar-refractivity contribution is 5.74. The van der Waals surface area contributed by atoms with Crippen LogP contribution in [0.25, 0.3) is 0 Å². The van der Waals surface area contributed by atoms with Gasteiger partial charge in [-0.25, -0.2) is 4.79 Å². The molecule has 5 nitrogen and oxygen atoms in total. The largest absolute Gasteiger partial charge is 0.379 e. The molecule has 0 bridgehead atoms. The summed E-state index contributed by atoms with van der Waals surface area (Å²) in [6.07, 6.45) is 1.87. The summed E-state index contributed by atoms with van der Waals surface area (Å²) in [5.41, 5.74) is 2.72. The molecule has 1 fully saturated rings. The number of fused-ring (bicyclic) bond motifs is 1. The molecule has 5 heteroatoms. The van der Waals surface area contributed by atoms with Gasteiger partial charge < -0.3 is 15.4 Å². The lowest BCUT2D eigenvalue weighted by molar-refractivity contribution is 0.0319. The standard InChI is InChI=1S/C18H27N3O2/c1-14(13-21-6-8-23-9-7-21)12-19-18(22)20-17-10-15-4-2-3-5-16(15)11-17/h2-5,14,17H,6-13H2,1H3,(H2,19,20,22)/t14-/m1/s1. The molecule has 0 saturated carbocycles. The Kier molecular flexibility index (Phi) is 5.51. The SMILES string of the molecule is C[C@H](CNC(=O)NC1Cc2ccccc2C1)CN1CCOCC1. The zero-order valence-electron chi connectivity index (χ0n) is 13.9. The van der Waals surface area contributed by atoms with Gasteiger partial charge in [-0.3, -0.25) is 4.90 Å². The Balaban J connectivity index is 1.35. The Hall–Kier alpha value is -1.59. The van der Waals surface area contributed by atoms with Crippen molar-refractivity contribution in [2.45, 2.75) is 25.8 Å². The predicted molar refractivity (Wildman–Crippen MR) is 90.6 cm³/mol. The Labute approximate surface area is 138 Å². The van der Waals surface area contributed by atoms with Gasteiger partial charge in [0.25, 0.3) is 0 Å². The second-order valence-electron chi connectivity index (χ2n) is 6.75. The normalized spacial score (nSPS) is 20.0. The number of benzene rings is 1. The van der Waals surface area contributed by atoms with E-state index in [1.165, 1.54) is 11.1 Å². The number of hydrogen-bond acceptors (Lipinski definition) is 3. The maximum absolute atomic E-state index is 12.1. The first-order valence-corrected chi connectivity index (χ1v) is 8.62. The van der Waals surface area contributed by atoms with Crippen LogP contribution >= 0.6 is 0 Å². The maximum atomic E-state index is 12.1. The lowest BCUT2D eigenvalue weighted by Gasteiger charge is -2.29. The number of nitrogens with zero attached hydrogens (tertiary/aromatic N) is 1. The molecular weight excluding hydrogens is 290 g/mol. The van der Waals surface area contributed by atoms with Crippen LogP contribution in [-0.4, -0.2) is 56.4 Å². The minimum atomic E-state index is -0.0448. The van der Waals surface area contributed by atoms with Crippen molar-refractivity contribution in [1.29, 1.82) is 0 Å². The first-order valence-electron chi connectivity index (χ1n) is 8.62. The Bertz CT molecular complexity index is 504. The average molecular weight is 317 g/mol. The molecule has 0 aromatic heterocycles. The number of amides is 2. The number of carbonyl (C=O) groups excluding carboxylic acids is 1. The van der Waals surface area contributed by atoms with Crippen LogP contribution in [0.2, 0.25) is 0 Å². The third-order valence-electron chi connectivity index (χ3n) is 4.67. The molecule has 0 spiro atoms. The van der Waals surface area contributed by atoms with Gasteiger partial charge in [0.15, 0.2) is 0 Å². The van der Waals surface area contributed by atoms with E-state index in [0.29, 0.717) is 12.5 Å². The Morgan fingerprint density at radius 1 is 1.26 bits per heavy atom. The van der Waals surface area contributed by atoms with Crippen molar-refractivity contribution in [3.63, 3.8) is 0 Å². The zero-order chi connectivity index (χ0) is 16.1. The van der Waals surface area contributed by atoms with Crippen LogP contribution in [0.3, 0.4) is 0 Å². The maximum Gasteiger partial charge on any atom is 0.315 e. The molecule has 2 amide bonds. The van der Waals surface area contributed by atoms with E-state index in [0.717, 1.165) is 45.7 Å². The Morgan fingerprint density at radius 2 is 1.91 bits per heavy atom. The third kappa shape index (κ3) is 4.69. The summed E-state index contributed by atoms with van der Waals surface area (Å²) < 4.78 is 5.36. The molecule has 0 radical (unpaired) electrons. The van der Waals surface area contributed by atoms with E-state index in [1.54, 1.807) is 0 Å². The summed E-state index contributed by atoms with van der Waals surface area (Å²) in [5, 5.41) is 6.12. The number of ether oxygens (including phenoxy) is 1. The minimum absolute atomic E-state index is 0.0448. The summed E-state index contributed by atoms with van der Waals surface area (Å²) in [7, 11) is 0. The fraction of sp³-hybridized carbons (Fsp3) is 0.611. The number of hydrogen-bond donors (Lipinski definition) is 2. The van der Waals surface area contributed by atoms with Crippen molar-refractivity contribution in [2.75, 3.05) is 39.4 Å². The fourth-order valence-electron chi connectivity index (χ4n) is 3.45. The van der Waals surface area contributed by atoms with Gasteiger partial charge in [0.2, 0.25) is 0 Å². The molecule has 0 unspecified atom stereocenters. The van der Waals surface area contributed by atoms with Crippen LogP contribution in [-0.2, 0) is 17.6 Å². The van der Waals surface area contributed by atoms with Crippen LogP contribution in [0, 0.1) is 5.92 Å². The number of rotatable bonds is 5. The quantitative estimate of drug-likeness (QED) is 0.864. The van der Waals surface area contributed by atoms with Gasteiger partial charge in [0.05, 0.1) is 13.2 Å². The first-order chi connectivity index (χ1) is 11.2. The average Bonchev–Trinajstić information content (AvgIpc) is 2.96. The second-order valence-corrected chi connectivity index (χ2v) is 6.75. The molecule has 1 aliphatic carbocycles. The smallest absolute Gasteiger partial charge is 0.315 e. The van der Waals surface area contributed by atoms with Gasteiger partial charge in [-0.1, -0.05) is 31.2 Å². The summed E-state index contributed by atoms with van der Waals surface area (Å²) in [6.45, 7) is 7.54. The van der Waals surface area contributed by atoms with E-state index in [4.69, 9.17) is 4.74 Å². The lowest BCUT2D eigenvalue weighted by Crippen LogP contribution is -2.46. The van der Waals surface area contributed by atoms with Gasteiger partial charge in [-0.15, -0.1) is 0 Å². The van der Waals surface area contributed by atoms with Crippen molar-refractivity contribution >= 4 is 6.03 Å². The van der Waals surface area contributed by atoms with Crippen LogP contribution in [0.5, 0.6) is 0 Å². The van der Waals surface area contributed by atoms with Gasteiger partial charge in [0, 0.05) is 32.2 Å². The van der Waals surface area contributed by atoms with Crippen LogP contribution < -0.4 is 10.6 Å². The summed E-state index contributed by atoms with van der Waals surface area (Å²) >= 11 is 0. The molecule has 1 aromatic carbocycles. The second kappa shape index (κ2) is 7.79. The van der Waals surface area contributed by atoms with Crippen molar-refractivity contribution in [2.24, 2.45) is 5.92 Å². The van der Waals surface area contributed by atoms with Crippen molar-refractivity contribution in [1.82, 2.24) is 15.5 Å². The summed E-state index contributed by atoms with van der Waals surface area (Å²) in [6, 6.07) is 8.61. The van der Waals surface area contributed by atoms with E-state index < -0.39 is 0 Å². The van der Waals surface area contributed by atoms with Crippen molar-refractivity contribution in [3.8, 4) is 0 Å². The molecule has 126 valence electrons. The Morgan fingerprint density at radius 3 is 2.57 bits per heavy atom. The highest BCUT2D eigenvalue weighted by atomic mass is 16.5. The fourth-order valence-corrected chi connectivity index (χ4v) is 3.45. The first kappa shape index (κ1) is 16.3. The molecule has 3 rings (SSSR count). The molecule has 23 heavy (non-hydrogen) atoms. The van der Waals surface area contributed by atoms with E-state index >= 15 is 0 Å². The lowest BCUT2D eigenvalue weighted by atomic mass is 10.1. The molecule has 1 saturated heterocycles. The van der Waals surface area contributed by atoms with Crippen LogP contribution in [0.4, 0.5) is 4.79 Å². The monoisotopic (exact) mass is 317 g/mol.